The maximum atomic E-state index is 12.6. The zero-order valence-corrected chi connectivity index (χ0v) is 24.0. The van der Waals surface area contributed by atoms with Gasteiger partial charge in [0.1, 0.15) is 0 Å². The molecule has 39 heavy (non-hydrogen) atoms. The number of carboxylic acids is 3. The number of rotatable bonds is 16. The highest BCUT2D eigenvalue weighted by atomic mass is 16.6. The second-order valence-electron chi connectivity index (χ2n) is 11.3. The molecule has 1 fully saturated rings. The van der Waals surface area contributed by atoms with Crippen LogP contribution in [-0.4, -0.2) is 57.4 Å². The topological polar surface area (TPSA) is 165 Å². The van der Waals surface area contributed by atoms with E-state index in [0.717, 1.165) is 18.4 Å². The maximum Gasteiger partial charge on any atom is 0.349 e. The molecule has 8 atom stereocenters. The van der Waals surface area contributed by atoms with Crippen LogP contribution in [0, 0.1) is 35.5 Å². The number of hydrogen-bond acceptors (Lipinski definition) is 7. The summed E-state index contributed by atoms with van der Waals surface area (Å²) in [6, 6.07) is 0. The van der Waals surface area contributed by atoms with Crippen LogP contribution in [0.2, 0.25) is 0 Å². The summed E-state index contributed by atoms with van der Waals surface area (Å²) in [5.41, 5.74) is 0.678. The number of esters is 2. The van der Waals surface area contributed by atoms with E-state index < -0.39 is 53.9 Å². The maximum absolute atomic E-state index is 12.6. The van der Waals surface area contributed by atoms with Gasteiger partial charge in [-0.15, -0.1) is 0 Å². The van der Waals surface area contributed by atoms with Crippen molar-refractivity contribution in [2.24, 2.45) is 35.5 Å². The van der Waals surface area contributed by atoms with Crippen molar-refractivity contribution in [3.05, 3.63) is 23.3 Å². The first-order valence-corrected chi connectivity index (χ1v) is 13.6. The number of ether oxygens (including phenoxy) is 2. The molecule has 0 radical (unpaired) electrons. The lowest BCUT2D eigenvalue weighted by molar-refractivity contribution is -0.166. The van der Waals surface area contributed by atoms with Crippen molar-refractivity contribution in [2.75, 3.05) is 0 Å². The lowest BCUT2D eigenvalue weighted by Crippen LogP contribution is -2.40. The molecule has 8 unspecified atom stereocenters. The van der Waals surface area contributed by atoms with Crippen LogP contribution in [0.4, 0.5) is 0 Å². The van der Waals surface area contributed by atoms with Crippen molar-refractivity contribution in [3.8, 4) is 0 Å². The van der Waals surface area contributed by atoms with Crippen LogP contribution in [0.5, 0.6) is 0 Å². The Morgan fingerprint density at radius 2 is 1.49 bits per heavy atom. The number of cyclic esters (lactones) is 1. The second kappa shape index (κ2) is 15.4. The van der Waals surface area contributed by atoms with Crippen molar-refractivity contribution in [1.29, 1.82) is 0 Å². The van der Waals surface area contributed by atoms with Gasteiger partial charge in [0, 0.05) is 5.57 Å². The van der Waals surface area contributed by atoms with Crippen molar-refractivity contribution in [2.45, 2.75) is 92.8 Å². The van der Waals surface area contributed by atoms with Gasteiger partial charge < -0.3 is 24.8 Å². The molecule has 3 N–H and O–H groups in total. The Hall–Kier alpha value is -3.17. The summed E-state index contributed by atoms with van der Waals surface area (Å²) in [7, 11) is 0. The Morgan fingerprint density at radius 1 is 0.923 bits per heavy atom. The molecular weight excluding hydrogens is 508 g/mol. The summed E-state index contributed by atoms with van der Waals surface area (Å²) in [6.07, 6.45) is 3.79. The molecule has 0 amide bonds. The first kappa shape index (κ1) is 33.9. The number of carbonyl (C=O) groups excluding carboxylic acids is 2. The zero-order valence-electron chi connectivity index (χ0n) is 24.0. The van der Waals surface area contributed by atoms with Gasteiger partial charge in [-0.25, -0.2) is 14.4 Å². The molecule has 0 aliphatic carbocycles. The molecule has 0 bridgehead atoms. The largest absolute Gasteiger partial charge is 0.481 e. The van der Waals surface area contributed by atoms with E-state index in [0.29, 0.717) is 17.8 Å². The third-order valence-corrected chi connectivity index (χ3v) is 7.13. The molecule has 10 nitrogen and oxygen atoms in total. The van der Waals surface area contributed by atoms with Crippen LogP contribution in [0.25, 0.3) is 0 Å². The average molecular weight is 553 g/mol. The normalized spacial score (nSPS) is 23.8. The zero-order chi connectivity index (χ0) is 30.0. The SMILES string of the molecule is CCC(C)CC(C)CC(C)CC(C)/C=C(C)/C=C(/CC(C)C(=O)OC1C(=O)OC(C(=O)O)C1C(=O)O)C(=O)O. The van der Waals surface area contributed by atoms with Gasteiger partial charge >= 0.3 is 29.8 Å². The van der Waals surface area contributed by atoms with Crippen LogP contribution >= 0.6 is 0 Å². The van der Waals surface area contributed by atoms with E-state index in [9.17, 15) is 34.2 Å². The molecule has 220 valence electrons. The van der Waals surface area contributed by atoms with Crippen LogP contribution in [0.3, 0.4) is 0 Å². The molecule has 1 heterocycles. The molecule has 0 spiro atoms. The van der Waals surface area contributed by atoms with Gasteiger partial charge in [0.2, 0.25) is 12.2 Å². The fourth-order valence-electron chi connectivity index (χ4n) is 5.23. The standard InChI is InChI=1S/C29H44O10/c1-8-15(2)9-16(3)10-17(4)11-18(5)12-19(6)13-21(25(30)31)14-20(7)28(36)39-24-22(26(32)33)23(27(34)35)38-29(24)37/h12-13,15-18,20,22-24H,8-11,14H2,1-7H3,(H,30,31)(H,32,33)(H,34,35)/b19-12+,21-13-. The fourth-order valence-corrected chi connectivity index (χ4v) is 5.23. The number of carboxylic acid groups (broad SMARTS) is 3. The minimum absolute atomic E-state index is 0.0529. The van der Waals surface area contributed by atoms with Gasteiger partial charge in [0.15, 0.2) is 5.92 Å². The third-order valence-electron chi connectivity index (χ3n) is 7.13. The summed E-state index contributed by atoms with van der Waals surface area (Å²) < 4.78 is 9.56. The molecule has 0 saturated carbocycles. The van der Waals surface area contributed by atoms with E-state index in [-0.39, 0.29) is 17.9 Å². The van der Waals surface area contributed by atoms with Crippen molar-refractivity contribution < 1.29 is 48.8 Å². The summed E-state index contributed by atoms with van der Waals surface area (Å²) in [5.74, 6) is -7.76. The highest BCUT2D eigenvalue weighted by Crippen LogP contribution is 2.29. The Bertz CT molecular complexity index is 965. The van der Waals surface area contributed by atoms with Crippen molar-refractivity contribution in [3.63, 3.8) is 0 Å². The van der Waals surface area contributed by atoms with Crippen LogP contribution in [0.1, 0.15) is 80.6 Å². The highest BCUT2D eigenvalue weighted by Gasteiger charge is 2.55. The van der Waals surface area contributed by atoms with Crippen LogP contribution in [0.15, 0.2) is 23.3 Å². The summed E-state index contributed by atoms with van der Waals surface area (Å²) in [5, 5.41) is 28.1. The average Bonchev–Trinajstić information content (AvgIpc) is 3.14. The van der Waals surface area contributed by atoms with Gasteiger partial charge in [-0.3, -0.25) is 9.59 Å². The monoisotopic (exact) mass is 552 g/mol. The van der Waals surface area contributed by atoms with E-state index >= 15 is 0 Å². The van der Waals surface area contributed by atoms with Gasteiger partial charge in [-0.1, -0.05) is 59.6 Å². The Labute approximate surface area is 230 Å². The minimum atomic E-state index is -1.99. The van der Waals surface area contributed by atoms with Crippen molar-refractivity contribution in [1.82, 2.24) is 0 Å². The van der Waals surface area contributed by atoms with Gasteiger partial charge in [0.25, 0.3) is 0 Å². The first-order valence-electron chi connectivity index (χ1n) is 13.6. The van der Waals surface area contributed by atoms with Gasteiger partial charge in [-0.05, 0) is 62.4 Å². The number of allylic oxidation sites excluding steroid dienone is 3. The molecule has 1 rings (SSSR count). The van der Waals surface area contributed by atoms with Crippen molar-refractivity contribution >= 4 is 29.8 Å². The first-order chi connectivity index (χ1) is 18.1. The van der Waals surface area contributed by atoms with Crippen LogP contribution < -0.4 is 0 Å². The summed E-state index contributed by atoms with van der Waals surface area (Å²) in [6.45, 7) is 14.2. The molecular formula is C29H44O10. The van der Waals surface area contributed by atoms with E-state index in [1.807, 2.05) is 6.08 Å². The quantitative estimate of drug-likeness (QED) is 0.139. The lowest BCUT2D eigenvalue weighted by atomic mass is 9.84. The second-order valence-corrected chi connectivity index (χ2v) is 11.3. The van der Waals surface area contributed by atoms with Gasteiger partial charge in [-0.2, -0.15) is 0 Å². The van der Waals surface area contributed by atoms with E-state index in [2.05, 4.69) is 39.4 Å². The van der Waals surface area contributed by atoms with Crippen LogP contribution in [-0.2, 0) is 33.4 Å². The van der Waals surface area contributed by atoms with E-state index in [1.165, 1.54) is 25.8 Å². The molecule has 1 aliphatic heterocycles. The summed E-state index contributed by atoms with van der Waals surface area (Å²) in [4.78, 5) is 59.2. The minimum Gasteiger partial charge on any atom is -0.481 e. The predicted octanol–water partition coefficient (Wildman–Crippen LogP) is 4.72. The van der Waals surface area contributed by atoms with E-state index in [1.54, 1.807) is 6.92 Å². The Kier molecular flexibility index (Phi) is 13.4. The third kappa shape index (κ3) is 10.8. The molecule has 0 aromatic carbocycles. The molecule has 1 saturated heterocycles. The number of hydrogen-bond donors (Lipinski definition) is 3. The summed E-state index contributed by atoms with van der Waals surface area (Å²) >= 11 is 0. The Balaban J connectivity index is 2.84. The number of aliphatic carboxylic acids is 3. The fraction of sp³-hybridized carbons (Fsp3) is 0.690. The smallest absolute Gasteiger partial charge is 0.349 e. The highest BCUT2D eigenvalue weighted by molar-refractivity contribution is 5.95. The number of carbonyl (C=O) groups is 5. The predicted molar refractivity (Wildman–Crippen MR) is 143 cm³/mol. The molecule has 10 heteroatoms. The molecule has 0 aromatic heterocycles. The van der Waals surface area contributed by atoms with Gasteiger partial charge in [0.05, 0.1) is 5.92 Å². The van der Waals surface area contributed by atoms with E-state index in [4.69, 9.17) is 9.84 Å². The Morgan fingerprint density at radius 3 is 2.00 bits per heavy atom. The molecule has 1 aliphatic rings. The molecule has 0 aromatic rings. The lowest BCUT2D eigenvalue weighted by Gasteiger charge is -2.21.